The third-order valence-corrected chi connectivity index (χ3v) is 4.44. The minimum absolute atomic E-state index is 0.165. The Balaban J connectivity index is 1.96. The van der Waals surface area contributed by atoms with Crippen LogP contribution in [0, 0.1) is 5.92 Å². The van der Waals surface area contributed by atoms with E-state index in [1.165, 1.54) is 32.8 Å². The number of rotatable bonds is 6. The Morgan fingerprint density at radius 2 is 1.95 bits per heavy atom. The lowest BCUT2D eigenvalue weighted by Gasteiger charge is -2.23. The molecule has 0 aromatic heterocycles. The Kier molecular flexibility index (Phi) is 5.60. The predicted octanol–water partition coefficient (Wildman–Crippen LogP) is 3.11. The zero-order valence-electron chi connectivity index (χ0n) is 12.5. The molecular formula is C17H25NO2. The van der Waals surface area contributed by atoms with E-state index in [-0.39, 0.29) is 11.9 Å². The fourth-order valence-corrected chi connectivity index (χ4v) is 3.09. The SMILES string of the molecule is COC(=O)C(CN[C@H](C)C1CCCC1)c1ccccc1. The maximum Gasteiger partial charge on any atom is 0.314 e. The van der Waals surface area contributed by atoms with Crippen molar-refractivity contribution in [1.82, 2.24) is 5.32 Å². The molecule has 1 aliphatic rings. The van der Waals surface area contributed by atoms with Crippen molar-refractivity contribution in [1.29, 1.82) is 0 Å². The Hall–Kier alpha value is -1.35. The molecule has 1 aliphatic carbocycles. The number of hydrogen-bond acceptors (Lipinski definition) is 3. The van der Waals surface area contributed by atoms with Crippen LogP contribution in [0.25, 0.3) is 0 Å². The molecule has 0 heterocycles. The average molecular weight is 275 g/mol. The van der Waals surface area contributed by atoms with E-state index in [9.17, 15) is 4.79 Å². The molecule has 3 nitrogen and oxygen atoms in total. The summed E-state index contributed by atoms with van der Waals surface area (Å²) in [5.74, 6) is 0.372. The molecule has 3 heteroatoms. The van der Waals surface area contributed by atoms with E-state index in [0.717, 1.165) is 11.5 Å². The number of benzene rings is 1. The summed E-state index contributed by atoms with van der Waals surface area (Å²) in [7, 11) is 1.46. The Morgan fingerprint density at radius 3 is 2.55 bits per heavy atom. The second-order valence-corrected chi connectivity index (χ2v) is 5.73. The van der Waals surface area contributed by atoms with Gasteiger partial charge in [0.1, 0.15) is 0 Å². The molecule has 1 aromatic carbocycles. The van der Waals surface area contributed by atoms with Gasteiger partial charge in [-0.05, 0) is 31.2 Å². The number of hydrogen-bond donors (Lipinski definition) is 1. The maximum atomic E-state index is 12.0. The molecule has 0 saturated heterocycles. The minimum Gasteiger partial charge on any atom is -0.469 e. The van der Waals surface area contributed by atoms with E-state index < -0.39 is 0 Å². The van der Waals surface area contributed by atoms with E-state index in [0.29, 0.717) is 12.6 Å². The molecule has 1 saturated carbocycles. The first-order valence-electron chi connectivity index (χ1n) is 7.58. The molecule has 1 aromatic rings. The van der Waals surface area contributed by atoms with E-state index in [1.807, 2.05) is 30.3 Å². The average Bonchev–Trinajstić information content (AvgIpc) is 3.02. The molecule has 2 rings (SSSR count). The van der Waals surface area contributed by atoms with Crippen LogP contribution in [-0.4, -0.2) is 25.7 Å². The second kappa shape index (κ2) is 7.44. The number of esters is 1. The standard InChI is InChI=1S/C17H25NO2/c1-13(14-8-6-7-9-14)18-12-16(17(19)20-2)15-10-4-3-5-11-15/h3-5,10-11,13-14,16,18H,6-9,12H2,1-2H3/t13-,16?/m1/s1. The molecule has 110 valence electrons. The first-order valence-corrected chi connectivity index (χ1v) is 7.58. The highest BCUT2D eigenvalue weighted by molar-refractivity contribution is 5.78. The second-order valence-electron chi connectivity index (χ2n) is 5.73. The van der Waals surface area contributed by atoms with Crippen LogP contribution in [0.3, 0.4) is 0 Å². The number of ether oxygens (including phenoxy) is 1. The van der Waals surface area contributed by atoms with Crippen molar-refractivity contribution in [3.8, 4) is 0 Å². The quantitative estimate of drug-likeness (QED) is 0.811. The highest BCUT2D eigenvalue weighted by Gasteiger charge is 2.25. The topological polar surface area (TPSA) is 38.3 Å². The van der Waals surface area contributed by atoms with Crippen molar-refractivity contribution in [2.45, 2.75) is 44.6 Å². The lowest BCUT2D eigenvalue weighted by atomic mass is 9.96. The first-order chi connectivity index (χ1) is 9.72. The van der Waals surface area contributed by atoms with Gasteiger partial charge in [-0.2, -0.15) is 0 Å². The third-order valence-electron chi connectivity index (χ3n) is 4.44. The smallest absolute Gasteiger partial charge is 0.314 e. The van der Waals surface area contributed by atoms with Crippen molar-refractivity contribution in [2.75, 3.05) is 13.7 Å². The van der Waals surface area contributed by atoms with Gasteiger partial charge in [0.2, 0.25) is 0 Å². The highest BCUT2D eigenvalue weighted by atomic mass is 16.5. The fourth-order valence-electron chi connectivity index (χ4n) is 3.09. The minimum atomic E-state index is -0.218. The lowest BCUT2D eigenvalue weighted by molar-refractivity contribution is -0.142. The number of carbonyl (C=O) groups excluding carboxylic acids is 1. The molecule has 0 amide bonds. The van der Waals surface area contributed by atoms with Crippen LogP contribution in [0.4, 0.5) is 0 Å². The Bertz CT molecular complexity index is 412. The normalized spacial score (nSPS) is 18.7. The summed E-state index contributed by atoms with van der Waals surface area (Å²) in [6.45, 7) is 2.88. The summed E-state index contributed by atoms with van der Waals surface area (Å²) < 4.78 is 4.95. The van der Waals surface area contributed by atoms with Gasteiger partial charge in [0.15, 0.2) is 0 Å². The van der Waals surface area contributed by atoms with Crippen molar-refractivity contribution in [3.05, 3.63) is 35.9 Å². The van der Waals surface area contributed by atoms with Gasteiger partial charge in [-0.25, -0.2) is 0 Å². The molecular weight excluding hydrogens is 250 g/mol. The maximum absolute atomic E-state index is 12.0. The Morgan fingerprint density at radius 1 is 1.30 bits per heavy atom. The van der Waals surface area contributed by atoms with Gasteiger partial charge >= 0.3 is 5.97 Å². The lowest BCUT2D eigenvalue weighted by Crippen LogP contribution is -2.37. The summed E-state index contributed by atoms with van der Waals surface area (Å²) in [4.78, 5) is 12.0. The molecule has 0 bridgehead atoms. The third kappa shape index (κ3) is 3.83. The highest BCUT2D eigenvalue weighted by Crippen LogP contribution is 2.28. The summed E-state index contributed by atoms with van der Waals surface area (Å²) in [6, 6.07) is 10.3. The summed E-state index contributed by atoms with van der Waals surface area (Å²) in [5, 5.41) is 3.54. The van der Waals surface area contributed by atoms with Crippen LogP contribution in [-0.2, 0) is 9.53 Å². The first kappa shape index (κ1) is 15.0. The van der Waals surface area contributed by atoms with E-state index in [2.05, 4.69) is 12.2 Å². The number of carbonyl (C=O) groups is 1. The molecule has 0 spiro atoms. The molecule has 0 radical (unpaired) electrons. The zero-order chi connectivity index (χ0) is 14.4. The van der Waals surface area contributed by atoms with Crippen LogP contribution in [0.5, 0.6) is 0 Å². The monoisotopic (exact) mass is 275 g/mol. The number of methoxy groups -OCH3 is 1. The molecule has 0 aliphatic heterocycles. The van der Waals surface area contributed by atoms with Crippen LogP contribution in [0.15, 0.2) is 30.3 Å². The van der Waals surface area contributed by atoms with Crippen LogP contribution < -0.4 is 5.32 Å². The van der Waals surface area contributed by atoms with Crippen molar-refractivity contribution < 1.29 is 9.53 Å². The van der Waals surface area contributed by atoms with E-state index in [1.54, 1.807) is 0 Å². The summed E-state index contributed by atoms with van der Waals surface area (Å²) in [6.07, 6.45) is 5.30. The van der Waals surface area contributed by atoms with Gasteiger partial charge in [-0.15, -0.1) is 0 Å². The van der Waals surface area contributed by atoms with Crippen LogP contribution >= 0.6 is 0 Å². The zero-order valence-corrected chi connectivity index (χ0v) is 12.5. The largest absolute Gasteiger partial charge is 0.469 e. The molecule has 1 N–H and O–H groups in total. The van der Waals surface area contributed by atoms with Gasteiger partial charge in [0.25, 0.3) is 0 Å². The van der Waals surface area contributed by atoms with Gasteiger partial charge in [0, 0.05) is 12.6 Å². The van der Waals surface area contributed by atoms with Gasteiger partial charge in [-0.3, -0.25) is 4.79 Å². The molecule has 1 unspecified atom stereocenters. The van der Waals surface area contributed by atoms with Crippen molar-refractivity contribution in [2.24, 2.45) is 5.92 Å². The van der Waals surface area contributed by atoms with Gasteiger partial charge < -0.3 is 10.1 Å². The van der Waals surface area contributed by atoms with Gasteiger partial charge in [-0.1, -0.05) is 43.2 Å². The van der Waals surface area contributed by atoms with Gasteiger partial charge in [0.05, 0.1) is 13.0 Å². The van der Waals surface area contributed by atoms with E-state index >= 15 is 0 Å². The van der Waals surface area contributed by atoms with E-state index in [4.69, 9.17) is 4.74 Å². The molecule has 1 fully saturated rings. The summed E-state index contributed by atoms with van der Waals surface area (Å²) in [5.41, 5.74) is 1.02. The fraction of sp³-hybridized carbons (Fsp3) is 0.588. The predicted molar refractivity (Wildman–Crippen MR) is 80.6 cm³/mol. The molecule has 20 heavy (non-hydrogen) atoms. The molecule has 2 atom stereocenters. The number of nitrogens with one attached hydrogen (secondary N) is 1. The van der Waals surface area contributed by atoms with Crippen LogP contribution in [0.2, 0.25) is 0 Å². The van der Waals surface area contributed by atoms with Crippen LogP contribution in [0.1, 0.15) is 44.1 Å². The van der Waals surface area contributed by atoms with Crippen molar-refractivity contribution >= 4 is 5.97 Å². The Labute approximate surface area is 121 Å². The van der Waals surface area contributed by atoms with Crippen molar-refractivity contribution in [3.63, 3.8) is 0 Å². The summed E-state index contributed by atoms with van der Waals surface area (Å²) >= 11 is 0.